The normalized spacial score (nSPS) is 16.3. The lowest BCUT2D eigenvalue weighted by molar-refractivity contribution is -0.115. The van der Waals surface area contributed by atoms with Crippen LogP contribution >= 0.6 is 39.3 Å². The number of nitrogens with one attached hydrogen (secondary N) is 1. The summed E-state index contributed by atoms with van der Waals surface area (Å²) < 4.78 is 11.9. The average molecular weight is 480 g/mol. The standard InChI is InChI=1S/C20H16BrClN2O3S/c1-3-8-27-18-15(22)9-12(10-16(18)26-2)11-17-19(25)24-20(28-17)23-14-6-4-13(21)5-7-14/h3-7,9-11H,1,8H2,2H3,(H,23,24,25). The number of halogens is 2. The van der Waals surface area contributed by atoms with Crippen molar-refractivity contribution >= 4 is 62.1 Å². The van der Waals surface area contributed by atoms with Crippen molar-refractivity contribution in [2.24, 2.45) is 4.99 Å². The maximum absolute atomic E-state index is 12.3. The molecule has 5 nitrogen and oxygen atoms in total. The van der Waals surface area contributed by atoms with E-state index < -0.39 is 0 Å². The van der Waals surface area contributed by atoms with Crippen molar-refractivity contribution in [3.05, 3.63) is 69.0 Å². The molecule has 1 heterocycles. The summed E-state index contributed by atoms with van der Waals surface area (Å²) in [5.41, 5.74) is 1.47. The number of ether oxygens (including phenoxy) is 2. The van der Waals surface area contributed by atoms with Gasteiger partial charge >= 0.3 is 0 Å². The van der Waals surface area contributed by atoms with Crippen LogP contribution in [0.5, 0.6) is 11.5 Å². The summed E-state index contributed by atoms with van der Waals surface area (Å²) in [7, 11) is 1.53. The van der Waals surface area contributed by atoms with E-state index in [0.717, 1.165) is 15.7 Å². The molecular formula is C20H16BrClN2O3S. The Morgan fingerprint density at radius 3 is 2.75 bits per heavy atom. The molecule has 0 unspecified atom stereocenters. The van der Waals surface area contributed by atoms with Gasteiger partial charge in [-0.15, -0.1) is 0 Å². The summed E-state index contributed by atoms with van der Waals surface area (Å²) >= 11 is 11.0. The van der Waals surface area contributed by atoms with Crippen LogP contribution in [0.15, 0.2) is 63.4 Å². The minimum absolute atomic E-state index is 0.220. The van der Waals surface area contributed by atoms with Gasteiger partial charge < -0.3 is 14.8 Å². The zero-order valence-corrected chi connectivity index (χ0v) is 18.0. The largest absolute Gasteiger partial charge is 0.493 e. The van der Waals surface area contributed by atoms with Crippen molar-refractivity contribution in [3.63, 3.8) is 0 Å². The van der Waals surface area contributed by atoms with Crippen molar-refractivity contribution < 1.29 is 14.3 Å². The summed E-state index contributed by atoms with van der Waals surface area (Å²) in [6, 6.07) is 11.0. The van der Waals surface area contributed by atoms with Crippen LogP contribution in [0.2, 0.25) is 5.02 Å². The van der Waals surface area contributed by atoms with Gasteiger partial charge in [-0.05, 0) is 59.8 Å². The monoisotopic (exact) mass is 478 g/mol. The molecule has 1 aliphatic rings. The van der Waals surface area contributed by atoms with Crippen molar-refractivity contribution in [1.29, 1.82) is 0 Å². The van der Waals surface area contributed by atoms with E-state index in [1.807, 2.05) is 24.3 Å². The lowest BCUT2D eigenvalue weighted by atomic mass is 10.2. The number of methoxy groups -OCH3 is 1. The third kappa shape index (κ3) is 4.98. The Morgan fingerprint density at radius 1 is 1.32 bits per heavy atom. The molecule has 0 radical (unpaired) electrons. The Bertz CT molecular complexity index is 974. The number of benzene rings is 2. The summed E-state index contributed by atoms with van der Waals surface area (Å²) in [4.78, 5) is 17.2. The molecule has 1 amide bonds. The zero-order valence-electron chi connectivity index (χ0n) is 14.9. The van der Waals surface area contributed by atoms with Gasteiger partial charge in [-0.3, -0.25) is 4.79 Å². The molecular weight excluding hydrogens is 464 g/mol. The molecule has 8 heteroatoms. The average Bonchev–Trinajstić information content (AvgIpc) is 3.01. The first-order valence-corrected chi connectivity index (χ1v) is 10.2. The highest BCUT2D eigenvalue weighted by Crippen LogP contribution is 2.38. The summed E-state index contributed by atoms with van der Waals surface area (Å²) in [6.07, 6.45) is 3.35. The highest BCUT2D eigenvalue weighted by molar-refractivity contribution is 9.10. The van der Waals surface area contributed by atoms with Crippen LogP contribution in [0.4, 0.5) is 5.69 Å². The minimum Gasteiger partial charge on any atom is -0.493 e. The quantitative estimate of drug-likeness (QED) is 0.435. The maximum atomic E-state index is 12.3. The second-order valence-electron chi connectivity index (χ2n) is 5.59. The maximum Gasteiger partial charge on any atom is 0.264 e. The molecule has 1 fully saturated rings. The zero-order chi connectivity index (χ0) is 20.1. The lowest BCUT2D eigenvalue weighted by Crippen LogP contribution is -2.19. The smallest absolute Gasteiger partial charge is 0.264 e. The molecule has 2 aromatic carbocycles. The van der Waals surface area contributed by atoms with E-state index >= 15 is 0 Å². The topological polar surface area (TPSA) is 59.9 Å². The van der Waals surface area contributed by atoms with Crippen LogP contribution < -0.4 is 14.8 Å². The van der Waals surface area contributed by atoms with Crippen molar-refractivity contribution in [2.75, 3.05) is 13.7 Å². The molecule has 1 aliphatic heterocycles. The summed E-state index contributed by atoms with van der Waals surface area (Å²) in [5.74, 6) is 0.698. The Morgan fingerprint density at radius 2 is 2.07 bits per heavy atom. The Balaban J connectivity index is 1.85. The lowest BCUT2D eigenvalue weighted by Gasteiger charge is -2.12. The number of carbonyl (C=O) groups excluding carboxylic acids is 1. The number of nitrogens with zero attached hydrogens (tertiary/aromatic N) is 1. The van der Waals surface area contributed by atoms with E-state index in [2.05, 4.69) is 32.8 Å². The predicted octanol–water partition coefficient (Wildman–Crippen LogP) is 5.57. The van der Waals surface area contributed by atoms with Crippen molar-refractivity contribution in [2.45, 2.75) is 0 Å². The third-order valence-electron chi connectivity index (χ3n) is 3.60. The molecule has 2 aromatic rings. The molecule has 1 saturated heterocycles. The Kier molecular flexibility index (Phi) is 6.83. The van der Waals surface area contributed by atoms with Crippen LogP contribution in [0, 0.1) is 0 Å². The second kappa shape index (κ2) is 9.32. The van der Waals surface area contributed by atoms with E-state index in [0.29, 0.717) is 33.2 Å². The first-order chi connectivity index (χ1) is 13.5. The SMILES string of the molecule is C=CCOc1c(Cl)cc(C=C2SC(=Nc3ccc(Br)cc3)NC2=O)cc1OC. The van der Waals surface area contributed by atoms with Gasteiger partial charge in [0.25, 0.3) is 5.91 Å². The number of aliphatic imine (C=N–C) groups is 1. The number of amidine groups is 1. The third-order valence-corrected chi connectivity index (χ3v) is 5.32. The first-order valence-electron chi connectivity index (χ1n) is 8.16. The van der Waals surface area contributed by atoms with Gasteiger partial charge in [0.1, 0.15) is 6.61 Å². The molecule has 144 valence electrons. The Hall–Kier alpha value is -2.22. The number of hydrogen-bond acceptors (Lipinski definition) is 5. The number of amides is 1. The second-order valence-corrected chi connectivity index (χ2v) is 7.95. The summed E-state index contributed by atoms with van der Waals surface area (Å²) in [5, 5.41) is 3.67. The molecule has 0 spiro atoms. The molecule has 0 atom stereocenters. The van der Waals surface area contributed by atoms with Crippen molar-refractivity contribution in [3.8, 4) is 11.5 Å². The fourth-order valence-corrected chi connectivity index (χ4v) is 3.75. The van der Waals surface area contributed by atoms with Gasteiger partial charge in [0, 0.05) is 4.47 Å². The van der Waals surface area contributed by atoms with Gasteiger partial charge in [-0.1, -0.05) is 40.2 Å². The Labute approximate surface area is 180 Å². The van der Waals surface area contributed by atoms with Gasteiger partial charge in [-0.25, -0.2) is 4.99 Å². The molecule has 0 bridgehead atoms. The molecule has 3 rings (SSSR count). The number of rotatable bonds is 6. The van der Waals surface area contributed by atoms with Gasteiger partial charge in [0.05, 0.1) is 22.7 Å². The van der Waals surface area contributed by atoms with E-state index in [-0.39, 0.29) is 5.91 Å². The fourth-order valence-electron chi connectivity index (χ4n) is 2.37. The molecule has 0 saturated carbocycles. The van der Waals surface area contributed by atoms with Crippen LogP contribution in [-0.2, 0) is 4.79 Å². The van der Waals surface area contributed by atoms with Crippen LogP contribution in [0.1, 0.15) is 5.56 Å². The van der Waals surface area contributed by atoms with E-state index in [1.165, 1.54) is 18.9 Å². The van der Waals surface area contributed by atoms with Gasteiger partial charge in [0.15, 0.2) is 16.7 Å². The van der Waals surface area contributed by atoms with Gasteiger partial charge in [0.2, 0.25) is 0 Å². The molecule has 0 aromatic heterocycles. The minimum atomic E-state index is -0.220. The van der Waals surface area contributed by atoms with E-state index in [1.54, 1.807) is 24.3 Å². The van der Waals surface area contributed by atoms with Crippen LogP contribution in [0.25, 0.3) is 6.08 Å². The number of hydrogen-bond donors (Lipinski definition) is 1. The highest BCUT2D eigenvalue weighted by atomic mass is 79.9. The van der Waals surface area contributed by atoms with Gasteiger partial charge in [-0.2, -0.15) is 0 Å². The first kappa shape index (κ1) is 20.5. The summed E-state index contributed by atoms with van der Waals surface area (Å²) in [6.45, 7) is 3.93. The number of thioether (sulfide) groups is 1. The predicted molar refractivity (Wildman–Crippen MR) is 119 cm³/mol. The molecule has 1 N–H and O–H groups in total. The van der Waals surface area contributed by atoms with Crippen LogP contribution in [0.3, 0.4) is 0 Å². The van der Waals surface area contributed by atoms with E-state index in [4.69, 9.17) is 21.1 Å². The number of carbonyl (C=O) groups is 1. The highest BCUT2D eigenvalue weighted by Gasteiger charge is 2.24. The van der Waals surface area contributed by atoms with Crippen molar-refractivity contribution in [1.82, 2.24) is 5.32 Å². The fraction of sp³-hybridized carbons (Fsp3) is 0.100. The molecule has 28 heavy (non-hydrogen) atoms. The molecule has 0 aliphatic carbocycles. The van der Waals surface area contributed by atoms with E-state index in [9.17, 15) is 4.79 Å². The van der Waals surface area contributed by atoms with Crippen LogP contribution in [-0.4, -0.2) is 24.8 Å².